The minimum atomic E-state index is -0.471. The first kappa shape index (κ1) is 24.5. The first-order chi connectivity index (χ1) is 16.7. The molecule has 182 valence electrons. The molecule has 12 nitrogen and oxygen atoms in total. The quantitative estimate of drug-likeness (QED) is 0.327. The van der Waals surface area contributed by atoms with E-state index in [4.69, 9.17) is 0 Å². The maximum atomic E-state index is 12.5. The van der Waals surface area contributed by atoms with Crippen LogP contribution in [-0.4, -0.2) is 47.2 Å². The second kappa shape index (κ2) is 10.3. The van der Waals surface area contributed by atoms with Crippen molar-refractivity contribution in [2.45, 2.75) is 19.4 Å². The highest BCUT2D eigenvalue weighted by Crippen LogP contribution is 2.16. The van der Waals surface area contributed by atoms with Gasteiger partial charge in [-0.05, 0) is 18.2 Å². The normalized spacial score (nSPS) is 11.1. The number of aryl methyl sites for hydroxylation is 2. The van der Waals surface area contributed by atoms with E-state index in [2.05, 4.69) is 41.7 Å². The second-order valence-electron chi connectivity index (χ2n) is 7.63. The molecule has 0 atom stereocenters. The van der Waals surface area contributed by atoms with Crippen molar-refractivity contribution in [2.75, 3.05) is 11.9 Å². The number of hydrogen-bond acceptors (Lipinski definition) is 8. The van der Waals surface area contributed by atoms with Crippen LogP contribution in [0.4, 0.5) is 5.13 Å². The molecule has 0 unspecified atom stereocenters. The van der Waals surface area contributed by atoms with Crippen LogP contribution in [0.15, 0.2) is 44.7 Å². The van der Waals surface area contributed by atoms with Crippen LogP contribution in [-0.2, 0) is 31.9 Å². The summed E-state index contributed by atoms with van der Waals surface area (Å²) in [5.74, 6) is -0.495. The van der Waals surface area contributed by atoms with E-state index in [1.165, 1.54) is 36.3 Å². The first-order valence-corrected chi connectivity index (χ1v) is 12.1. The number of fused-ring (bicyclic) bond motifs is 1. The number of nitrogens with zero attached hydrogens (tertiary/aromatic N) is 6. The fourth-order valence-electron chi connectivity index (χ4n) is 3.39. The standard InChI is InChI=1S/C21H21BrN8O4S/c1-28-17-16(19(33)29(2)21(28)34)30(11-24-17)9-7-14(31)25-20-27-26-15(35-20)6-8-23-18(32)12-4-3-5-13(22)10-12/h3-5,10-11H,6-9H2,1-2H3,(H,23,32)(H,25,27,31). The third-order valence-electron chi connectivity index (χ3n) is 5.22. The Balaban J connectivity index is 1.30. The average molecular weight is 561 g/mol. The summed E-state index contributed by atoms with van der Waals surface area (Å²) in [7, 11) is 2.93. The number of carbonyl (C=O) groups excluding carboxylic acids is 2. The fraction of sp³-hybridized carbons (Fsp3) is 0.286. The van der Waals surface area contributed by atoms with Crippen LogP contribution < -0.4 is 21.9 Å². The number of imidazole rings is 1. The Hall–Kier alpha value is -3.65. The molecule has 35 heavy (non-hydrogen) atoms. The van der Waals surface area contributed by atoms with Gasteiger partial charge < -0.3 is 15.2 Å². The predicted molar refractivity (Wildman–Crippen MR) is 134 cm³/mol. The van der Waals surface area contributed by atoms with E-state index in [1.54, 1.807) is 22.8 Å². The van der Waals surface area contributed by atoms with E-state index in [1.807, 2.05) is 6.07 Å². The molecule has 0 aliphatic carbocycles. The van der Waals surface area contributed by atoms with Crippen molar-refractivity contribution in [3.05, 3.63) is 66.5 Å². The highest BCUT2D eigenvalue weighted by molar-refractivity contribution is 9.10. The largest absolute Gasteiger partial charge is 0.352 e. The number of amides is 2. The Labute approximate surface area is 210 Å². The zero-order valence-corrected chi connectivity index (χ0v) is 21.2. The van der Waals surface area contributed by atoms with Crippen LogP contribution in [0, 0.1) is 0 Å². The Bertz CT molecular complexity index is 1540. The van der Waals surface area contributed by atoms with Gasteiger partial charge >= 0.3 is 5.69 Å². The van der Waals surface area contributed by atoms with Crippen molar-refractivity contribution in [3.63, 3.8) is 0 Å². The number of rotatable bonds is 8. The van der Waals surface area contributed by atoms with Crippen LogP contribution in [0.1, 0.15) is 21.8 Å². The van der Waals surface area contributed by atoms with Crippen molar-refractivity contribution in [1.29, 1.82) is 0 Å². The van der Waals surface area contributed by atoms with Gasteiger partial charge in [0.25, 0.3) is 11.5 Å². The molecule has 4 aromatic rings. The highest BCUT2D eigenvalue weighted by atomic mass is 79.9. The molecule has 2 N–H and O–H groups in total. The third-order valence-corrected chi connectivity index (χ3v) is 6.61. The van der Waals surface area contributed by atoms with Crippen molar-refractivity contribution < 1.29 is 9.59 Å². The summed E-state index contributed by atoms with van der Waals surface area (Å²) in [6.07, 6.45) is 1.97. The van der Waals surface area contributed by atoms with Gasteiger partial charge in [0.15, 0.2) is 11.2 Å². The summed E-state index contributed by atoms with van der Waals surface area (Å²) >= 11 is 4.56. The molecule has 0 saturated heterocycles. The van der Waals surface area contributed by atoms with Gasteiger partial charge in [-0.15, -0.1) is 10.2 Å². The molecule has 0 aliphatic heterocycles. The SMILES string of the molecule is Cn1c(=O)c2c(ncn2CCC(=O)Nc2nnc(CCNC(=O)c3cccc(Br)c3)s2)n(C)c1=O. The Morgan fingerprint density at radius 3 is 2.71 bits per heavy atom. The molecule has 0 spiro atoms. The Morgan fingerprint density at radius 1 is 1.14 bits per heavy atom. The third kappa shape index (κ3) is 5.38. The zero-order valence-electron chi connectivity index (χ0n) is 18.8. The minimum absolute atomic E-state index is 0.0645. The molecule has 1 aromatic carbocycles. The predicted octanol–water partition coefficient (Wildman–Crippen LogP) is 1.05. The van der Waals surface area contributed by atoms with Crippen molar-refractivity contribution in [1.82, 2.24) is 34.2 Å². The molecule has 0 fully saturated rings. The number of hydrogen-bond donors (Lipinski definition) is 2. The topological polar surface area (TPSA) is 146 Å². The maximum absolute atomic E-state index is 12.5. The molecule has 0 aliphatic rings. The van der Waals surface area contributed by atoms with Crippen LogP contribution >= 0.6 is 27.3 Å². The van der Waals surface area contributed by atoms with E-state index in [0.717, 1.165) is 9.04 Å². The molecular formula is C21H21BrN8O4S. The van der Waals surface area contributed by atoms with Gasteiger partial charge in [0.2, 0.25) is 11.0 Å². The average Bonchev–Trinajstić information content (AvgIpc) is 3.47. The van der Waals surface area contributed by atoms with Crippen molar-refractivity contribution >= 4 is 55.4 Å². The van der Waals surface area contributed by atoms with Crippen molar-refractivity contribution in [3.8, 4) is 0 Å². The monoisotopic (exact) mass is 560 g/mol. The van der Waals surface area contributed by atoms with Gasteiger partial charge in [0, 0.05) is 50.1 Å². The number of benzene rings is 1. The fourth-order valence-corrected chi connectivity index (χ4v) is 4.54. The summed E-state index contributed by atoms with van der Waals surface area (Å²) in [6.45, 7) is 0.572. The highest BCUT2D eigenvalue weighted by Gasteiger charge is 2.15. The van der Waals surface area contributed by atoms with Gasteiger partial charge in [-0.1, -0.05) is 33.3 Å². The number of nitrogens with one attached hydrogen (secondary N) is 2. The first-order valence-electron chi connectivity index (χ1n) is 10.5. The lowest BCUT2D eigenvalue weighted by Crippen LogP contribution is -2.37. The molecule has 0 saturated carbocycles. The Morgan fingerprint density at radius 2 is 1.94 bits per heavy atom. The second-order valence-corrected chi connectivity index (χ2v) is 9.61. The lowest BCUT2D eigenvalue weighted by molar-refractivity contribution is -0.116. The van der Waals surface area contributed by atoms with Crippen LogP contribution in [0.5, 0.6) is 0 Å². The van der Waals surface area contributed by atoms with Gasteiger partial charge in [-0.2, -0.15) is 0 Å². The lowest BCUT2D eigenvalue weighted by Gasteiger charge is -2.06. The smallest absolute Gasteiger partial charge is 0.332 e. The van der Waals surface area contributed by atoms with E-state index < -0.39 is 11.2 Å². The summed E-state index contributed by atoms with van der Waals surface area (Å²) in [5.41, 5.74) is 0.132. The van der Waals surface area contributed by atoms with Crippen LogP contribution in [0.3, 0.4) is 0 Å². The minimum Gasteiger partial charge on any atom is -0.352 e. The number of anilines is 1. The van der Waals surface area contributed by atoms with Gasteiger partial charge in [0.1, 0.15) is 5.01 Å². The molecule has 0 bridgehead atoms. The van der Waals surface area contributed by atoms with Crippen LogP contribution in [0.2, 0.25) is 0 Å². The van der Waals surface area contributed by atoms with Gasteiger partial charge in [-0.25, -0.2) is 9.78 Å². The number of halogens is 1. The molecule has 4 rings (SSSR count). The Kier molecular flexibility index (Phi) is 7.21. The van der Waals surface area contributed by atoms with Gasteiger partial charge in [-0.3, -0.25) is 23.5 Å². The molecular weight excluding hydrogens is 540 g/mol. The summed E-state index contributed by atoms with van der Waals surface area (Å²) in [4.78, 5) is 53.3. The summed E-state index contributed by atoms with van der Waals surface area (Å²) in [6, 6.07) is 7.09. The number of carbonyl (C=O) groups is 2. The molecule has 3 aromatic heterocycles. The van der Waals surface area contributed by atoms with Crippen LogP contribution in [0.25, 0.3) is 11.2 Å². The van der Waals surface area contributed by atoms with Gasteiger partial charge in [0.05, 0.1) is 6.33 Å². The van der Waals surface area contributed by atoms with E-state index in [9.17, 15) is 19.2 Å². The number of aromatic nitrogens is 6. The van der Waals surface area contributed by atoms with E-state index in [-0.39, 0.29) is 35.9 Å². The molecule has 3 heterocycles. The maximum Gasteiger partial charge on any atom is 0.332 e. The van der Waals surface area contributed by atoms with E-state index >= 15 is 0 Å². The molecule has 0 radical (unpaired) electrons. The van der Waals surface area contributed by atoms with Crippen molar-refractivity contribution in [2.24, 2.45) is 14.1 Å². The molecule has 2 amide bonds. The molecule has 14 heteroatoms. The lowest BCUT2D eigenvalue weighted by atomic mass is 10.2. The summed E-state index contributed by atoms with van der Waals surface area (Å²) in [5, 5.41) is 14.5. The zero-order chi connectivity index (χ0) is 25.1. The van der Waals surface area contributed by atoms with E-state index in [0.29, 0.717) is 28.7 Å². The summed E-state index contributed by atoms with van der Waals surface area (Å²) < 4.78 is 4.67.